The molecule has 1 aliphatic carbocycles. The Hall–Kier alpha value is -4.10. The molecule has 0 saturated carbocycles. The van der Waals surface area contributed by atoms with Gasteiger partial charge in [-0.3, -0.25) is 0 Å². The molecule has 0 radical (unpaired) electrons. The fourth-order valence-electron chi connectivity index (χ4n) is 5.46. The average Bonchev–Trinajstić information content (AvgIpc) is 3.12. The van der Waals surface area contributed by atoms with Crippen LogP contribution in [0.4, 0.5) is 11.4 Å². The highest BCUT2D eigenvalue weighted by Gasteiger charge is 2.37. The van der Waals surface area contributed by atoms with Crippen LogP contribution in [0.2, 0.25) is 0 Å². The molecule has 0 aliphatic heterocycles. The molecule has 34 heavy (non-hydrogen) atoms. The summed E-state index contributed by atoms with van der Waals surface area (Å²) in [6.45, 7) is 4.70. The highest BCUT2D eigenvalue weighted by molar-refractivity contribution is 5.92. The highest BCUT2D eigenvalue weighted by Crippen LogP contribution is 2.53. The lowest BCUT2D eigenvalue weighted by atomic mass is 9.78. The van der Waals surface area contributed by atoms with E-state index in [1.807, 2.05) is 0 Å². The van der Waals surface area contributed by atoms with Gasteiger partial charge in [-0.05, 0) is 57.1 Å². The van der Waals surface area contributed by atoms with Gasteiger partial charge in [-0.25, -0.2) is 0 Å². The largest absolute Gasteiger partial charge is 0.355 e. The molecule has 1 heteroatoms. The Bertz CT molecular complexity index is 1480. The van der Waals surface area contributed by atoms with Crippen LogP contribution in [-0.4, -0.2) is 0 Å². The molecule has 0 bridgehead atoms. The van der Waals surface area contributed by atoms with E-state index in [0.717, 1.165) is 11.4 Å². The van der Waals surface area contributed by atoms with Crippen molar-refractivity contribution in [2.45, 2.75) is 19.3 Å². The van der Waals surface area contributed by atoms with E-state index in [-0.39, 0.29) is 5.41 Å². The number of anilines is 2. The first-order chi connectivity index (χ1) is 16.6. The minimum Gasteiger partial charge on any atom is -0.355 e. The normalized spacial score (nSPS) is 13.2. The summed E-state index contributed by atoms with van der Waals surface area (Å²) >= 11 is 0. The van der Waals surface area contributed by atoms with E-state index in [9.17, 15) is 0 Å². The van der Waals surface area contributed by atoms with Gasteiger partial charge in [0.15, 0.2) is 0 Å². The van der Waals surface area contributed by atoms with E-state index in [4.69, 9.17) is 0 Å². The molecule has 0 fully saturated rings. The first-order valence-electron chi connectivity index (χ1n) is 11.9. The molecule has 0 spiro atoms. The molecule has 5 aromatic rings. The van der Waals surface area contributed by atoms with Gasteiger partial charge in [0.25, 0.3) is 0 Å². The average molecular weight is 438 g/mol. The van der Waals surface area contributed by atoms with Crippen LogP contribution in [0.5, 0.6) is 0 Å². The van der Waals surface area contributed by atoms with Gasteiger partial charge in [0, 0.05) is 22.4 Å². The van der Waals surface area contributed by atoms with Crippen molar-refractivity contribution in [2.24, 2.45) is 0 Å². The molecule has 1 nitrogen and oxygen atoms in total. The molecule has 164 valence electrons. The van der Waals surface area contributed by atoms with Gasteiger partial charge in [-0.15, -0.1) is 0 Å². The van der Waals surface area contributed by atoms with E-state index in [2.05, 4.69) is 140 Å². The predicted molar refractivity (Wildman–Crippen MR) is 145 cm³/mol. The van der Waals surface area contributed by atoms with Crippen molar-refractivity contribution in [3.8, 4) is 33.4 Å². The van der Waals surface area contributed by atoms with Crippen LogP contribution in [0.3, 0.4) is 0 Å². The minimum absolute atomic E-state index is 0.0580. The predicted octanol–water partition coefficient (Wildman–Crippen LogP) is 9.07. The van der Waals surface area contributed by atoms with Crippen molar-refractivity contribution in [1.82, 2.24) is 0 Å². The van der Waals surface area contributed by atoms with E-state index in [0.29, 0.717) is 0 Å². The molecule has 6 rings (SSSR count). The third-order valence-corrected chi connectivity index (χ3v) is 7.03. The molecule has 0 amide bonds. The second kappa shape index (κ2) is 8.04. The van der Waals surface area contributed by atoms with Crippen LogP contribution in [0.15, 0.2) is 121 Å². The maximum Gasteiger partial charge on any atom is 0.0463 e. The zero-order chi connectivity index (χ0) is 23.1. The van der Waals surface area contributed by atoms with E-state index >= 15 is 0 Å². The minimum atomic E-state index is -0.0580. The summed E-state index contributed by atoms with van der Waals surface area (Å²) in [5.41, 5.74) is 12.6. The van der Waals surface area contributed by atoms with Gasteiger partial charge in [0.05, 0.1) is 0 Å². The zero-order valence-corrected chi connectivity index (χ0v) is 19.5. The maximum absolute atomic E-state index is 3.77. The molecule has 0 heterocycles. The van der Waals surface area contributed by atoms with Gasteiger partial charge in [0.2, 0.25) is 0 Å². The number of fused-ring (bicyclic) bond motifs is 3. The van der Waals surface area contributed by atoms with Gasteiger partial charge in [0.1, 0.15) is 0 Å². The standard InChI is InChI=1S/C33H27N/c1-33(2)30-19-11-9-18-27(30)29-22-25(21-28(32(29)33)24-15-7-4-8-16-24)34-31-20-12-10-17-26(31)23-13-5-3-6-14-23/h3-22,34H,1-2H3. The van der Waals surface area contributed by atoms with Crippen LogP contribution in [0.1, 0.15) is 25.0 Å². The molecule has 0 saturated heterocycles. The topological polar surface area (TPSA) is 12.0 Å². The smallest absolute Gasteiger partial charge is 0.0463 e. The Morgan fingerprint density at radius 3 is 1.74 bits per heavy atom. The Kier molecular flexibility index (Phi) is 4.85. The third-order valence-electron chi connectivity index (χ3n) is 7.03. The van der Waals surface area contributed by atoms with Crippen molar-refractivity contribution in [1.29, 1.82) is 0 Å². The van der Waals surface area contributed by atoms with Crippen molar-refractivity contribution < 1.29 is 0 Å². The Balaban J connectivity index is 1.55. The number of benzene rings is 5. The van der Waals surface area contributed by atoms with Crippen LogP contribution < -0.4 is 5.32 Å². The van der Waals surface area contributed by atoms with E-state index in [1.165, 1.54) is 44.5 Å². The third kappa shape index (κ3) is 3.33. The zero-order valence-electron chi connectivity index (χ0n) is 19.5. The summed E-state index contributed by atoms with van der Waals surface area (Å²) in [6.07, 6.45) is 0. The van der Waals surface area contributed by atoms with Gasteiger partial charge in [-0.2, -0.15) is 0 Å². The Labute approximate surface area is 201 Å². The number of para-hydroxylation sites is 1. The number of hydrogen-bond acceptors (Lipinski definition) is 1. The lowest BCUT2D eigenvalue weighted by molar-refractivity contribution is 0.662. The van der Waals surface area contributed by atoms with Gasteiger partial charge < -0.3 is 5.32 Å². The molecule has 1 N–H and O–H groups in total. The van der Waals surface area contributed by atoms with Crippen LogP contribution >= 0.6 is 0 Å². The van der Waals surface area contributed by atoms with Crippen molar-refractivity contribution in [2.75, 3.05) is 5.32 Å². The van der Waals surface area contributed by atoms with Crippen LogP contribution in [0.25, 0.3) is 33.4 Å². The number of nitrogens with one attached hydrogen (secondary N) is 1. The lowest BCUT2D eigenvalue weighted by Crippen LogP contribution is -2.16. The SMILES string of the molecule is CC1(C)c2ccccc2-c2cc(Nc3ccccc3-c3ccccc3)cc(-c3ccccc3)c21. The summed E-state index contributed by atoms with van der Waals surface area (Å²) in [5.74, 6) is 0. The fourth-order valence-corrected chi connectivity index (χ4v) is 5.46. The van der Waals surface area contributed by atoms with Gasteiger partial charge in [-0.1, -0.05) is 117 Å². The van der Waals surface area contributed by atoms with Gasteiger partial charge >= 0.3 is 0 Å². The molecule has 1 aliphatic rings. The molecular weight excluding hydrogens is 410 g/mol. The fraction of sp³-hybridized carbons (Fsp3) is 0.0909. The summed E-state index contributed by atoms with van der Waals surface area (Å²) < 4.78 is 0. The lowest BCUT2D eigenvalue weighted by Gasteiger charge is -2.25. The Morgan fingerprint density at radius 2 is 1.03 bits per heavy atom. The summed E-state index contributed by atoms with van der Waals surface area (Å²) in [6, 6.07) is 43.4. The van der Waals surface area contributed by atoms with Crippen molar-refractivity contribution in [3.05, 3.63) is 132 Å². The summed E-state index contributed by atoms with van der Waals surface area (Å²) in [4.78, 5) is 0. The van der Waals surface area contributed by atoms with Crippen molar-refractivity contribution in [3.63, 3.8) is 0 Å². The monoisotopic (exact) mass is 437 g/mol. The van der Waals surface area contributed by atoms with E-state index < -0.39 is 0 Å². The Morgan fingerprint density at radius 1 is 0.500 bits per heavy atom. The number of rotatable bonds is 4. The molecular formula is C33H27N. The number of hydrogen-bond donors (Lipinski definition) is 1. The van der Waals surface area contributed by atoms with Crippen LogP contribution in [-0.2, 0) is 5.41 Å². The quantitative estimate of drug-likeness (QED) is 0.296. The first kappa shape index (κ1) is 20.5. The summed E-state index contributed by atoms with van der Waals surface area (Å²) in [7, 11) is 0. The van der Waals surface area contributed by atoms with Crippen LogP contribution in [0, 0.1) is 0 Å². The molecule has 0 atom stereocenters. The second-order valence-corrected chi connectivity index (χ2v) is 9.52. The maximum atomic E-state index is 3.77. The first-order valence-corrected chi connectivity index (χ1v) is 11.9. The van der Waals surface area contributed by atoms with Crippen molar-refractivity contribution >= 4 is 11.4 Å². The molecule has 0 aromatic heterocycles. The molecule has 5 aromatic carbocycles. The van der Waals surface area contributed by atoms with E-state index in [1.54, 1.807) is 0 Å². The highest BCUT2D eigenvalue weighted by atomic mass is 14.9. The summed E-state index contributed by atoms with van der Waals surface area (Å²) in [5, 5.41) is 3.77. The second-order valence-electron chi connectivity index (χ2n) is 9.52. The molecule has 0 unspecified atom stereocenters.